The van der Waals surface area contributed by atoms with Crippen molar-refractivity contribution < 1.29 is 14.3 Å². The Labute approximate surface area is 130 Å². The Morgan fingerprint density at radius 1 is 1.05 bits per heavy atom. The van der Waals surface area contributed by atoms with Gasteiger partial charge in [0.25, 0.3) is 5.91 Å². The van der Waals surface area contributed by atoms with E-state index in [1.54, 1.807) is 31.2 Å². The molecule has 1 N–H and O–H groups in total. The molecule has 0 heterocycles. The predicted molar refractivity (Wildman–Crippen MR) is 86.4 cm³/mol. The van der Waals surface area contributed by atoms with E-state index in [9.17, 15) is 9.59 Å². The van der Waals surface area contributed by atoms with Gasteiger partial charge in [-0.1, -0.05) is 37.3 Å². The van der Waals surface area contributed by atoms with Gasteiger partial charge < -0.3 is 10.1 Å². The molecule has 0 aromatic heterocycles. The third-order valence-electron chi connectivity index (χ3n) is 3.29. The number of Topliss-reactive ketones (excluding diaryl/α,β-unsaturated/α-hetero) is 1. The molecule has 4 heteroatoms. The zero-order valence-electron chi connectivity index (χ0n) is 12.8. The molecule has 0 aliphatic carbocycles. The maximum Gasteiger partial charge on any atom is 0.262 e. The third-order valence-corrected chi connectivity index (χ3v) is 3.29. The van der Waals surface area contributed by atoms with Gasteiger partial charge in [-0.3, -0.25) is 9.59 Å². The standard InChI is InChI=1S/C18H19NO3/c1-3-16(20)14-9-5-7-11-17(14)22-12-18(21)19-15-10-6-4-8-13(15)2/h4-11H,3,12H2,1-2H3,(H,19,21). The van der Waals surface area contributed by atoms with Crippen LogP contribution in [0.1, 0.15) is 29.3 Å². The number of rotatable bonds is 6. The van der Waals surface area contributed by atoms with Crippen molar-refractivity contribution in [2.45, 2.75) is 20.3 Å². The number of benzene rings is 2. The minimum Gasteiger partial charge on any atom is -0.483 e. The van der Waals surface area contributed by atoms with E-state index in [0.717, 1.165) is 11.3 Å². The Bertz CT molecular complexity index is 680. The number of hydrogen-bond acceptors (Lipinski definition) is 3. The Kier molecular flexibility index (Phi) is 5.31. The monoisotopic (exact) mass is 297 g/mol. The number of para-hydroxylation sites is 2. The van der Waals surface area contributed by atoms with E-state index >= 15 is 0 Å². The molecule has 22 heavy (non-hydrogen) atoms. The number of ether oxygens (including phenoxy) is 1. The molecule has 0 aliphatic rings. The maximum absolute atomic E-state index is 12.0. The summed E-state index contributed by atoms with van der Waals surface area (Å²) in [5.74, 6) is 0.178. The van der Waals surface area contributed by atoms with Crippen LogP contribution >= 0.6 is 0 Å². The minimum atomic E-state index is -0.256. The molecule has 2 rings (SSSR count). The average molecular weight is 297 g/mol. The summed E-state index contributed by atoms with van der Waals surface area (Å²) in [4.78, 5) is 23.8. The summed E-state index contributed by atoms with van der Waals surface area (Å²) in [7, 11) is 0. The first-order valence-electron chi connectivity index (χ1n) is 7.22. The number of hydrogen-bond donors (Lipinski definition) is 1. The summed E-state index contributed by atoms with van der Waals surface area (Å²) in [6.45, 7) is 3.58. The summed E-state index contributed by atoms with van der Waals surface area (Å²) < 4.78 is 5.50. The van der Waals surface area contributed by atoms with Gasteiger partial charge in [0.2, 0.25) is 0 Å². The second kappa shape index (κ2) is 7.41. The lowest BCUT2D eigenvalue weighted by atomic mass is 10.1. The zero-order valence-corrected chi connectivity index (χ0v) is 12.8. The third kappa shape index (κ3) is 3.95. The number of nitrogens with one attached hydrogen (secondary N) is 1. The highest BCUT2D eigenvalue weighted by molar-refractivity contribution is 5.98. The van der Waals surface area contributed by atoms with Crippen LogP contribution in [0.4, 0.5) is 5.69 Å². The van der Waals surface area contributed by atoms with E-state index in [1.165, 1.54) is 0 Å². The Hall–Kier alpha value is -2.62. The number of ketones is 1. The van der Waals surface area contributed by atoms with E-state index in [4.69, 9.17) is 4.74 Å². The van der Waals surface area contributed by atoms with Crippen LogP contribution in [0.2, 0.25) is 0 Å². The van der Waals surface area contributed by atoms with E-state index in [-0.39, 0.29) is 18.3 Å². The smallest absolute Gasteiger partial charge is 0.262 e. The van der Waals surface area contributed by atoms with Gasteiger partial charge in [-0.15, -0.1) is 0 Å². The second-order valence-corrected chi connectivity index (χ2v) is 4.92. The van der Waals surface area contributed by atoms with Crippen molar-refractivity contribution in [2.24, 2.45) is 0 Å². The molecule has 1 amide bonds. The number of aryl methyl sites for hydroxylation is 1. The van der Waals surface area contributed by atoms with Gasteiger partial charge in [0.1, 0.15) is 5.75 Å². The number of amides is 1. The Balaban J connectivity index is 2.00. The van der Waals surface area contributed by atoms with Crippen molar-refractivity contribution in [1.82, 2.24) is 0 Å². The molecule has 0 unspecified atom stereocenters. The van der Waals surface area contributed by atoms with Crippen LogP contribution in [0, 0.1) is 6.92 Å². The van der Waals surface area contributed by atoms with Crippen molar-refractivity contribution in [3.63, 3.8) is 0 Å². The molecule has 0 aliphatic heterocycles. The largest absolute Gasteiger partial charge is 0.483 e. The first kappa shape index (κ1) is 15.8. The van der Waals surface area contributed by atoms with Crippen molar-refractivity contribution in [3.05, 3.63) is 59.7 Å². The number of anilines is 1. The van der Waals surface area contributed by atoms with Gasteiger partial charge in [-0.05, 0) is 30.7 Å². The summed E-state index contributed by atoms with van der Waals surface area (Å²) >= 11 is 0. The van der Waals surface area contributed by atoms with Crippen LogP contribution in [-0.2, 0) is 4.79 Å². The fourth-order valence-electron chi connectivity index (χ4n) is 2.06. The summed E-state index contributed by atoms with van der Waals surface area (Å²) in [5.41, 5.74) is 2.25. The molecular formula is C18H19NO3. The quantitative estimate of drug-likeness (QED) is 0.829. The van der Waals surface area contributed by atoms with E-state index < -0.39 is 0 Å². The average Bonchev–Trinajstić information content (AvgIpc) is 2.54. The van der Waals surface area contributed by atoms with Crippen LogP contribution in [0.15, 0.2) is 48.5 Å². The molecular weight excluding hydrogens is 278 g/mol. The minimum absolute atomic E-state index is 0.00471. The SMILES string of the molecule is CCC(=O)c1ccccc1OCC(=O)Nc1ccccc1C. The zero-order chi connectivity index (χ0) is 15.9. The van der Waals surface area contributed by atoms with Gasteiger partial charge in [0, 0.05) is 12.1 Å². The normalized spacial score (nSPS) is 10.1. The Morgan fingerprint density at radius 2 is 1.73 bits per heavy atom. The van der Waals surface area contributed by atoms with Crippen molar-refractivity contribution in [3.8, 4) is 5.75 Å². The number of carbonyl (C=O) groups excluding carboxylic acids is 2. The van der Waals surface area contributed by atoms with Gasteiger partial charge in [0.05, 0.1) is 5.56 Å². The first-order chi connectivity index (χ1) is 10.6. The van der Waals surface area contributed by atoms with E-state index in [1.807, 2.05) is 31.2 Å². The lowest BCUT2D eigenvalue weighted by molar-refractivity contribution is -0.118. The highest BCUT2D eigenvalue weighted by atomic mass is 16.5. The Morgan fingerprint density at radius 3 is 2.45 bits per heavy atom. The molecule has 4 nitrogen and oxygen atoms in total. The topological polar surface area (TPSA) is 55.4 Å². The van der Waals surface area contributed by atoms with E-state index in [2.05, 4.69) is 5.32 Å². The lowest BCUT2D eigenvalue weighted by Crippen LogP contribution is -2.21. The molecule has 0 saturated carbocycles. The van der Waals surface area contributed by atoms with Crippen LogP contribution < -0.4 is 10.1 Å². The molecule has 0 radical (unpaired) electrons. The number of carbonyl (C=O) groups is 2. The van der Waals surface area contributed by atoms with Crippen molar-refractivity contribution in [1.29, 1.82) is 0 Å². The molecule has 0 spiro atoms. The second-order valence-electron chi connectivity index (χ2n) is 4.92. The van der Waals surface area contributed by atoms with Gasteiger partial charge in [-0.2, -0.15) is 0 Å². The highest BCUT2D eigenvalue weighted by Crippen LogP contribution is 2.20. The fraction of sp³-hybridized carbons (Fsp3) is 0.222. The summed E-state index contributed by atoms with van der Waals surface area (Å²) in [5, 5.41) is 2.79. The molecule has 0 bridgehead atoms. The van der Waals surface area contributed by atoms with Crippen LogP contribution in [0.5, 0.6) is 5.75 Å². The van der Waals surface area contributed by atoms with Crippen molar-refractivity contribution >= 4 is 17.4 Å². The predicted octanol–water partition coefficient (Wildman–Crippen LogP) is 3.61. The van der Waals surface area contributed by atoms with Crippen LogP contribution in [-0.4, -0.2) is 18.3 Å². The molecule has 114 valence electrons. The van der Waals surface area contributed by atoms with Gasteiger partial charge >= 0.3 is 0 Å². The van der Waals surface area contributed by atoms with Gasteiger partial charge in [0.15, 0.2) is 12.4 Å². The summed E-state index contributed by atoms with van der Waals surface area (Å²) in [6.07, 6.45) is 0.399. The van der Waals surface area contributed by atoms with Gasteiger partial charge in [-0.25, -0.2) is 0 Å². The molecule has 2 aromatic carbocycles. The first-order valence-corrected chi connectivity index (χ1v) is 7.22. The van der Waals surface area contributed by atoms with Crippen LogP contribution in [0.3, 0.4) is 0 Å². The highest BCUT2D eigenvalue weighted by Gasteiger charge is 2.12. The molecule has 2 aromatic rings. The van der Waals surface area contributed by atoms with E-state index in [0.29, 0.717) is 17.7 Å². The van der Waals surface area contributed by atoms with Crippen molar-refractivity contribution in [2.75, 3.05) is 11.9 Å². The molecule has 0 atom stereocenters. The summed E-state index contributed by atoms with van der Waals surface area (Å²) in [6, 6.07) is 14.5. The maximum atomic E-state index is 12.0. The lowest BCUT2D eigenvalue weighted by Gasteiger charge is -2.11. The fourth-order valence-corrected chi connectivity index (χ4v) is 2.06. The molecule has 0 saturated heterocycles. The van der Waals surface area contributed by atoms with Crippen LogP contribution in [0.25, 0.3) is 0 Å². The molecule has 0 fully saturated rings.